The fourth-order valence-electron chi connectivity index (χ4n) is 3.52. The highest BCUT2D eigenvalue weighted by Gasteiger charge is 2.22. The van der Waals surface area contributed by atoms with Gasteiger partial charge in [-0.15, -0.1) is 0 Å². The van der Waals surface area contributed by atoms with Crippen molar-refractivity contribution in [2.75, 3.05) is 38.9 Å². The van der Waals surface area contributed by atoms with Gasteiger partial charge in [0.1, 0.15) is 0 Å². The third-order valence-electron chi connectivity index (χ3n) is 5.38. The van der Waals surface area contributed by atoms with Crippen molar-refractivity contribution in [3.8, 4) is 11.5 Å². The molecule has 6 nitrogen and oxygen atoms in total. The molecule has 0 bridgehead atoms. The number of benzene rings is 2. The largest absolute Gasteiger partial charge is 0.454 e. The normalized spacial score (nSPS) is 12.7. The van der Waals surface area contributed by atoms with Crippen LogP contribution in [0.15, 0.2) is 30.3 Å². The molecule has 0 N–H and O–H groups in total. The molecule has 0 radical (unpaired) electrons. The first-order valence-corrected chi connectivity index (χ1v) is 10.9. The number of hydrogen-bond acceptors (Lipinski definition) is 6. The third kappa shape index (κ3) is 4.27. The summed E-state index contributed by atoms with van der Waals surface area (Å²) < 4.78 is 11.9. The number of rotatable bonds is 7. The van der Waals surface area contributed by atoms with Gasteiger partial charge in [-0.3, -0.25) is 9.69 Å². The number of amides is 1. The Morgan fingerprint density at radius 3 is 2.70 bits per heavy atom. The second kappa shape index (κ2) is 8.62. The summed E-state index contributed by atoms with van der Waals surface area (Å²) in [5, 5.41) is 0.767. The molecular formula is C23H27N3O3S. The molecule has 2 heterocycles. The summed E-state index contributed by atoms with van der Waals surface area (Å²) in [5.74, 6) is 1.47. The monoisotopic (exact) mass is 425 g/mol. The fourth-order valence-corrected chi connectivity index (χ4v) is 4.59. The molecule has 0 unspecified atom stereocenters. The van der Waals surface area contributed by atoms with Crippen molar-refractivity contribution in [2.45, 2.75) is 26.7 Å². The summed E-state index contributed by atoms with van der Waals surface area (Å²) in [6, 6.07) is 9.90. The SMILES string of the molecule is Cc1ccc2sc(N(CCCN(C)C)C(=O)Cc3ccc4c(c3)OCO4)nc2c1C. The Bertz CT molecular complexity index is 1080. The zero-order chi connectivity index (χ0) is 21.3. The molecule has 158 valence electrons. The van der Waals surface area contributed by atoms with E-state index in [1.54, 1.807) is 11.3 Å². The Morgan fingerprint density at radius 2 is 1.90 bits per heavy atom. The molecule has 0 atom stereocenters. The van der Waals surface area contributed by atoms with Crippen LogP contribution in [0.4, 0.5) is 5.13 Å². The minimum Gasteiger partial charge on any atom is -0.454 e. The summed E-state index contributed by atoms with van der Waals surface area (Å²) in [5.41, 5.74) is 4.29. The van der Waals surface area contributed by atoms with Crippen molar-refractivity contribution < 1.29 is 14.3 Å². The summed E-state index contributed by atoms with van der Waals surface area (Å²) in [7, 11) is 4.09. The Morgan fingerprint density at radius 1 is 1.10 bits per heavy atom. The van der Waals surface area contributed by atoms with Crippen LogP contribution in [-0.4, -0.2) is 49.8 Å². The number of carbonyl (C=O) groups is 1. The Kier molecular flexibility index (Phi) is 5.92. The van der Waals surface area contributed by atoms with E-state index in [1.165, 1.54) is 11.1 Å². The maximum absolute atomic E-state index is 13.3. The summed E-state index contributed by atoms with van der Waals surface area (Å²) in [6.45, 7) is 5.96. The highest BCUT2D eigenvalue weighted by atomic mass is 32.1. The first-order chi connectivity index (χ1) is 14.4. The molecule has 0 saturated heterocycles. The molecule has 0 fully saturated rings. The molecule has 1 aliphatic heterocycles. The zero-order valence-electron chi connectivity index (χ0n) is 17.9. The van der Waals surface area contributed by atoms with E-state index in [1.807, 2.05) is 37.2 Å². The Balaban J connectivity index is 1.60. The fraction of sp³-hybridized carbons (Fsp3) is 0.391. The number of hydrogen-bond donors (Lipinski definition) is 0. The molecule has 4 rings (SSSR count). The number of thiazole rings is 1. The van der Waals surface area contributed by atoms with Gasteiger partial charge in [-0.25, -0.2) is 4.98 Å². The van der Waals surface area contributed by atoms with E-state index >= 15 is 0 Å². The van der Waals surface area contributed by atoms with E-state index in [4.69, 9.17) is 14.5 Å². The van der Waals surface area contributed by atoms with Gasteiger partial charge < -0.3 is 14.4 Å². The topological polar surface area (TPSA) is 54.9 Å². The molecule has 1 amide bonds. The number of nitrogens with zero attached hydrogens (tertiary/aromatic N) is 3. The van der Waals surface area contributed by atoms with Crippen LogP contribution in [-0.2, 0) is 11.2 Å². The van der Waals surface area contributed by atoms with Crippen molar-refractivity contribution in [3.63, 3.8) is 0 Å². The van der Waals surface area contributed by atoms with Crippen molar-refractivity contribution in [1.82, 2.24) is 9.88 Å². The third-order valence-corrected chi connectivity index (χ3v) is 6.43. The Labute approximate surface area is 181 Å². The van der Waals surface area contributed by atoms with Crippen LogP contribution in [0.25, 0.3) is 10.2 Å². The average molecular weight is 426 g/mol. The predicted molar refractivity (Wildman–Crippen MR) is 121 cm³/mol. The lowest BCUT2D eigenvalue weighted by molar-refractivity contribution is -0.118. The van der Waals surface area contributed by atoms with Gasteiger partial charge >= 0.3 is 0 Å². The van der Waals surface area contributed by atoms with Crippen LogP contribution in [0.2, 0.25) is 0 Å². The molecule has 2 aromatic carbocycles. The van der Waals surface area contributed by atoms with Crippen LogP contribution >= 0.6 is 11.3 Å². The van der Waals surface area contributed by atoms with Gasteiger partial charge in [-0.2, -0.15) is 0 Å². The van der Waals surface area contributed by atoms with Crippen molar-refractivity contribution in [2.24, 2.45) is 0 Å². The molecule has 1 aliphatic rings. The summed E-state index contributed by atoms with van der Waals surface area (Å²) in [6.07, 6.45) is 1.18. The lowest BCUT2D eigenvalue weighted by Crippen LogP contribution is -2.34. The molecule has 0 aliphatic carbocycles. The molecular weight excluding hydrogens is 398 g/mol. The Hall–Kier alpha value is -2.64. The number of fused-ring (bicyclic) bond motifs is 2. The van der Waals surface area contributed by atoms with Gasteiger partial charge in [0.15, 0.2) is 16.6 Å². The van der Waals surface area contributed by atoms with Gasteiger partial charge in [-0.1, -0.05) is 23.5 Å². The highest BCUT2D eigenvalue weighted by Crippen LogP contribution is 2.34. The van der Waals surface area contributed by atoms with Crippen molar-refractivity contribution in [3.05, 3.63) is 47.0 Å². The van der Waals surface area contributed by atoms with Crippen LogP contribution in [0.3, 0.4) is 0 Å². The molecule has 0 spiro atoms. The first kappa shape index (κ1) is 20.6. The molecule has 7 heteroatoms. The van der Waals surface area contributed by atoms with E-state index in [0.29, 0.717) is 18.7 Å². The standard InChI is InChI=1S/C23H27N3O3S/c1-15-6-9-20-22(16(15)2)24-23(30-20)26(11-5-10-25(3)4)21(27)13-17-7-8-18-19(12-17)29-14-28-18/h6-9,12H,5,10-11,13-14H2,1-4H3. The lowest BCUT2D eigenvalue weighted by atomic mass is 10.1. The second-order valence-corrected chi connectivity index (χ2v) is 8.93. The van der Waals surface area contributed by atoms with E-state index in [-0.39, 0.29) is 12.7 Å². The van der Waals surface area contributed by atoms with Gasteiger partial charge in [0.2, 0.25) is 12.7 Å². The first-order valence-electron chi connectivity index (χ1n) is 10.1. The number of carbonyl (C=O) groups excluding carboxylic acids is 1. The highest BCUT2D eigenvalue weighted by molar-refractivity contribution is 7.22. The number of ether oxygens (including phenoxy) is 2. The van der Waals surface area contributed by atoms with Gasteiger partial charge in [-0.05, 0) is 75.8 Å². The van der Waals surface area contributed by atoms with Gasteiger partial charge in [0.25, 0.3) is 0 Å². The van der Waals surface area contributed by atoms with E-state index in [2.05, 4.69) is 30.9 Å². The minimum absolute atomic E-state index is 0.0426. The quantitative estimate of drug-likeness (QED) is 0.569. The van der Waals surface area contributed by atoms with Gasteiger partial charge in [0.05, 0.1) is 16.6 Å². The number of aromatic nitrogens is 1. The van der Waals surface area contributed by atoms with Crippen LogP contribution in [0.5, 0.6) is 11.5 Å². The van der Waals surface area contributed by atoms with Crippen LogP contribution in [0.1, 0.15) is 23.1 Å². The summed E-state index contributed by atoms with van der Waals surface area (Å²) in [4.78, 5) is 22.2. The zero-order valence-corrected chi connectivity index (χ0v) is 18.7. The molecule has 3 aromatic rings. The lowest BCUT2D eigenvalue weighted by Gasteiger charge is -2.21. The second-order valence-electron chi connectivity index (χ2n) is 7.92. The van der Waals surface area contributed by atoms with E-state index < -0.39 is 0 Å². The van der Waals surface area contributed by atoms with Crippen molar-refractivity contribution >= 4 is 32.6 Å². The smallest absolute Gasteiger partial charge is 0.233 e. The summed E-state index contributed by atoms with van der Waals surface area (Å²) >= 11 is 1.58. The van der Waals surface area contributed by atoms with E-state index in [9.17, 15) is 4.79 Å². The maximum Gasteiger partial charge on any atom is 0.233 e. The van der Waals surface area contributed by atoms with Crippen LogP contribution in [0, 0.1) is 13.8 Å². The minimum atomic E-state index is 0.0426. The molecule has 0 saturated carbocycles. The number of aryl methyl sites for hydroxylation is 2. The van der Waals surface area contributed by atoms with E-state index in [0.717, 1.165) is 39.6 Å². The maximum atomic E-state index is 13.3. The predicted octanol–water partition coefficient (Wildman–Crippen LogP) is 4.17. The van der Waals surface area contributed by atoms with Crippen LogP contribution < -0.4 is 14.4 Å². The number of anilines is 1. The van der Waals surface area contributed by atoms with Crippen molar-refractivity contribution in [1.29, 1.82) is 0 Å². The molecule has 30 heavy (non-hydrogen) atoms. The average Bonchev–Trinajstić information content (AvgIpc) is 3.34. The molecule has 1 aromatic heterocycles. The van der Waals surface area contributed by atoms with Gasteiger partial charge in [0, 0.05) is 6.54 Å².